The predicted octanol–water partition coefficient (Wildman–Crippen LogP) is 5.17. The highest BCUT2D eigenvalue weighted by Crippen LogP contribution is 2.36. The molecule has 39 heavy (non-hydrogen) atoms. The van der Waals surface area contributed by atoms with E-state index in [0.29, 0.717) is 51.4 Å². The molecule has 0 atom stereocenters. The minimum absolute atomic E-state index is 0.218. The minimum Gasteiger partial charge on any atom is -0.462 e. The van der Waals surface area contributed by atoms with Gasteiger partial charge in [0.1, 0.15) is 5.82 Å². The van der Waals surface area contributed by atoms with E-state index < -0.39 is 5.97 Å². The summed E-state index contributed by atoms with van der Waals surface area (Å²) in [5.41, 5.74) is 4.20. The molecular formula is C31H25N5O3. The summed E-state index contributed by atoms with van der Waals surface area (Å²) < 4.78 is 8.56. The van der Waals surface area contributed by atoms with E-state index in [2.05, 4.69) is 10.2 Å². The first-order valence-corrected chi connectivity index (χ1v) is 12.7. The quantitative estimate of drug-likeness (QED) is 0.284. The lowest BCUT2D eigenvalue weighted by atomic mass is 9.95. The summed E-state index contributed by atoms with van der Waals surface area (Å²) in [5, 5.41) is 9.51. The van der Waals surface area contributed by atoms with Crippen molar-refractivity contribution in [3.05, 3.63) is 124 Å². The fourth-order valence-electron chi connectivity index (χ4n) is 4.98. The molecule has 6 rings (SSSR count). The van der Waals surface area contributed by atoms with Gasteiger partial charge >= 0.3 is 11.7 Å². The van der Waals surface area contributed by atoms with Gasteiger partial charge in [-0.1, -0.05) is 78.9 Å². The fourth-order valence-corrected chi connectivity index (χ4v) is 4.98. The predicted molar refractivity (Wildman–Crippen MR) is 149 cm³/mol. The molecule has 0 N–H and O–H groups in total. The van der Waals surface area contributed by atoms with Crippen LogP contribution in [0.2, 0.25) is 0 Å². The lowest BCUT2D eigenvalue weighted by Crippen LogP contribution is -2.28. The second kappa shape index (κ2) is 9.98. The molecule has 0 amide bonds. The zero-order chi connectivity index (χ0) is 26.9. The topological polar surface area (TPSA) is 91.4 Å². The van der Waals surface area contributed by atoms with Gasteiger partial charge in [0.05, 0.1) is 28.9 Å². The zero-order valence-corrected chi connectivity index (χ0v) is 21.5. The molecule has 0 saturated heterocycles. The molecule has 3 heterocycles. The van der Waals surface area contributed by atoms with E-state index in [1.807, 2.05) is 91.0 Å². The van der Waals surface area contributed by atoms with Crippen molar-refractivity contribution in [2.45, 2.75) is 20.3 Å². The van der Waals surface area contributed by atoms with Crippen LogP contribution in [0, 0.1) is 6.92 Å². The summed E-state index contributed by atoms with van der Waals surface area (Å²) in [7, 11) is 0. The minimum atomic E-state index is -0.483. The van der Waals surface area contributed by atoms with Gasteiger partial charge in [0, 0.05) is 12.0 Å². The Balaban J connectivity index is 1.81. The summed E-state index contributed by atoms with van der Waals surface area (Å²) in [6.07, 6.45) is 0.405. The number of rotatable bonds is 6. The van der Waals surface area contributed by atoms with E-state index in [9.17, 15) is 9.59 Å². The highest BCUT2D eigenvalue weighted by atomic mass is 16.5. The Kier molecular flexibility index (Phi) is 6.20. The molecule has 192 valence electrons. The highest BCUT2D eigenvalue weighted by molar-refractivity contribution is 6.11. The van der Waals surface area contributed by atoms with Crippen LogP contribution in [-0.4, -0.2) is 36.7 Å². The third kappa shape index (κ3) is 4.16. The van der Waals surface area contributed by atoms with Crippen LogP contribution in [0.25, 0.3) is 33.5 Å². The third-order valence-corrected chi connectivity index (χ3v) is 6.67. The molecule has 0 unspecified atom stereocenters. The average molecular weight is 516 g/mol. The second-order valence-corrected chi connectivity index (χ2v) is 9.12. The van der Waals surface area contributed by atoms with Crippen LogP contribution in [-0.2, 0) is 11.2 Å². The molecule has 3 aromatic carbocycles. The molecule has 6 aromatic rings. The standard InChI is InChI=1S/C31H25N5O3/c1-3-39-30(37)25-20(2)32-28-27(26(25)22-15-9-5-10-16-22)29-34-33-24(19-21-13-7-4-8-14-21)36(29)31(38)35(28)23-17-11-6-12-18-23/h4-18H,3,19H2,1-2H3. The molecule has 0 aliphatic rings. The number of carbonyl (C=O) groups excluding carboxylic acids is 1. The first-order chi connectivity index (χ1) is 19.1. The van der Waals surface area contributed by atoms with Crippen molar-refractivity contribution in [2.24, 2.45) is 0 Å². The molecule has 0 radical (unpaired) electrons. The van der Waals surface area contributed by atoms with E-state index >= 15 is 0 Å². The maximum atomic E-state index is 14.2. The monoisotopic (exact) mass is 515 g/mol. The number of aryl methyl sites for hydroxylation is 1. The molecule has 0 aliphatic heterocycles. The van der Waals surface area contributed by atoms with Crippen LogP contribution < -0.4 is 5.69 Å². The number of nitrogens with zero attached hydrogens (tertiary/aromatic N) is 5. The van der Waals surface area contributed by atoms with Gasteiger partial charge in [-0.05, 0) is 37.1 Å². The molecule has 0 aliphatic carbocycles. The van der Waals surface area contributed by atoms with Crippen molar-refractivity contribution in [3.8, 4) is 16.8 Å². The fraction of sp³-hybridized carbons (Fsp3) is 0.129. The van der Waals surface area contributed by atoms with Crippen LogP contribution in [0.1, 0.15) is 34.4 Å². The number of benzene rings is 3. The lowest BCUT2D eigenvalue weighted by Gasteiger charge is -2.18. The number of ether oxygens (including phenoxy) is 1. The van der Waals surface area contributed by atoms with Gasteiger partial charge in [0.25, 0.3) is 0 Å². The number of pyridine rings is 1. The lowest BCUT2D eigenvalue weighted by molar-refractivity contribution is 0.0526. The Hall–Kier alpha value is -5.11. The van der Waals surface area contributed by atoms with Crippen LogP contribution >= 0.6 is 0 Å². The van der Waals surface area contributed by atoms with Gasteiger partial charge in [-0.3, -0.25) is 0 Å². The van der Waals surface area contributed by atoms with Gasteiger partial charge in [-0.2, -0.15) is 0 Å². The number of aromatic nitrogens is 5. The van der Waals surface area contributed by atoms with Crippen molar-refractivity contribution in [1.82, 2.24) is 24.1 Å². The number of esters is 1. The van der Waals surface area contributed by atoms with Gasteiger partial charge in [0.2, 0.25) is 0 Å². The number of carbonyl (C=O) groups is 1. The first-order valence-electron chi connectivity index (χ1n) is 12.7. The van der Waals surface area contributed by atoms with Crippen LogP contribution in [0.15, 0.2) is 95.8 Å². The maximum absolute atomic E-state index is 14.2. The van der Waals surface area contributed by atoms with E-state index in [4.69, 9.17) is 9.72 Å². The largest absolute Gasteiger partial charge is 0.462 e. The van der Waals surface area contributed by atoms with Crippen molar-refractivity contribution in [2.75, 3.05) is 6.61 Å². The van der Waals surface area contributed by atoms with E-state index in [0.717, 1.165) is 11.1 Å². The zero-order valence-electron chi connectivity index (χ0n) is 21.5. The number of para-hydroxylation sites is 1. The van der Waals surface area contributed by atoms with Crippen LogP contribution in [0.3, 0.4) is 0 Å². The Morgan fingerprint density at radius 3 is 2.15 bits per heavy atom. The van der Waals surface area contributed by atoms with E-state index in [1.54, 1.807) is 18.4 Å². The van der Waals surface area contributed by atoms with Gasteiger partial charge in [-0.25, -0.2) is 23.5 Å². The van der Waals surface area contributed by atoms with E-state index in [1.165, 1.54) is 4.40 Å². The second-order valence-electron chi connectivity index (χ2n) is 9.12. The Morgan fingerprint density at radius 2 is 1.49 bits per heavy atom. The summed E-state index contributed by atoms with van der Waals surface area (Å²) in [6, 6.07) is 28.7. The molecule has 0 saturated carbocycles. The Morgan fingerprint density at radius 1 is 0.846 bits per heavy atom. The highest BCUT2D eigenvalue weighted by Gasteiger charge is 2.28. The number of fused-ring (bicyclic) bond motifs is 3. The maximum Gasteiger partial charge on any atom is 0.341 e. The van der Waals surface area contributed by atoms with Gasteiger partial charge < -0.3 is 4.74 Å². The Bertz CT molecular complexity index is 1880. The molecule has 0 spiro atoms. The number of hydrogen-bond acceptors (Lipinski definition) is 6. The molecule has 3 aromatic heterocycles. The van der Waals surface area contributed by atoms with Crippen LogP contribution in [0.5, 0.6) is 0 Å². The summed E-state index contributed by atoms with van der Waals surface area (Å²) >= 11 is 0. The number of hydrogen-bond donors (Lipinski definition) is 0. The van der Waals surface area contributed by atoms with Crippen molar-refractivity contribution < 1.29 is 9.53 Å². The summed E-state index contributed by atoms with van der Waals surface area (Å²) in [6.45, 7) is 3.74. The summed E-state index contributed by atoms with van der Waals surface area (Å²) in [4.78, 5) is 32.4. The molecule has 0 bridgehead atoms. The summed E-state index contributed by atoms with van der Waals surface area (Å²) in [5.74, 6) is 0.00735. The molecule has 0 fully saturated rings. The molecular weight excluding hydrogens is 490 g/mol. The SMILES string of the molecule is CCOC(=O)c1c(C)nc2c(c1-c1ccccc1)c1nnc(Cc3ccccc3)n1c(=O)n2-c1ccccc1. The molecule has 8 nitrogen and oxygen atoms in total. The average Bonchev–Trinajstić information content (AvgIpc) is 3.38. The van der Waals surface area contributed by atoms with E-state index in [-0.39, 0.29) is 12.3 Å². The van der Waals surface area contributed by atoms with Gasteiger partial charge in [0.15, 0.2) is 11.3 Å². The smallest absolute Gasteiger partial charge is 0.341 e. The van der Waals surface area contributed by atoms with Crippen LogP contribution in [0.4, 0.5) is 0 Å². The first kappa shape index (κ1) is 24.2. The Labute approximate surface area is 224 Å². The van der Waals surface area contributed by atoms with Gasteiger partial charge in [-0.15, -0.1) is 10.2 Å². The molecule has 8 heteroatoms. The van der Waals surface area contributed by atoms with Crippen molar-refractivity contribution >= 4 is 22.6 Å². The van der Waals surface area contributed by atoms with Crippen molar-refractivity contribution in [1.29, 1.82) is 0 Å². The van der Waals surface area contributed by atoms with Crippen molar-refractivity contribution in [3.63, 3.8) is 0 Å². The third-order valence-electron chi connectivity index (χ3n) is 6.67. The normalized spacial score (nSPS) is 11.2.